The van der Waals surface area contributed by atoms with E-state index in [-0.39, 0.29) is 0 Å². The van der Waals surface area contributed by atoms with Crippen molar-refractivity contribution >= 4 is 10.9 Å². The third kappa shape index (κ3) is 2.70. The molecule has 0 fully saturated rings. The molecule has 0 aliphatic rings. The second-order valence-electron chi connectivity index (χ2n) is 4.84. The summed E-state index contributed by atoms with van der Waals surface area (Å²) in [7, 11) is 1.64. The summed E-state index contributed by atoms with van der Waals surface area (Å²) in [6.45, 7) is 4.47. The van der Waals surface area contributed by atoms with Crippen LogP contribution in [0.2, 0.25) is 0 Å². The lowest BCUT2D eigenvalue weighted by Gasteiger charge is -2.10. The topological polar surface area (TPSA) is 57.1 Å². The van der Waals surface area contributed by atoms with Crippen molar-refractivity contribution in [1.29, 1.82) is 0 Å². The summed E-state index contributed by atoms with van der Waals surface area (Å²) in [5, 5.41) is 0.944. The summed E-state index contributed by atoms with van der Waals surface area (Å²) in [5.41, 5.74) is 2.38. The van der Waals surface area contributed by atoms with Crippen LogP contribution >= 0.6 is 0 Å². The molecule has 2 heterocycles. The van der Waals surface area contributed by atoms with E-state index in [9.17, 15) is 0 Å². The van der Waals surface area contributed by atoms with Crippen molar-refractivity contribution in [2.75, 3.05) is 13.7 Å². The Bertz CT molecular complexity index is 818. The molecule has 3 aromatic rings. The standard InChI is InChI=1S/C17H17N3O2/c1-4-22-16-10-15(17-18-8-7-11(2)19-17)20-14-9-12(21-3)5-6-13(14)16/h5-10H,4H2,1-3H3. The quantitative estimate of drug-likeness (QED) is 0.738. The first-order valence-electron chi connectivity index (χ1n) is 7.13. The van der Waals surface area contributed by atoms with Gasteiger partial charge in [0.25, 0.3) is 0 Å². The molecule has 0 radical (unpaired) electrons. The maximum Gasteiger partial charge on any atom is 0.178 e. The maximum absolute atomic E-state index is 5.75. The van der Waals surface area contributed by atoms with Gasteiger partial charge in [0.1, 0.15) is 17.2 Å². The Morgan fingerprint density at radius 3 is 2.68 bits per heavy atom. The Kier molecular flexibility index (Phi) is 3.87. The zero-order chi connectivity index (χ0) is 15.5. The van der Waals surface area contributed by atoms with Gasteiger partial charge in [-0.25, -0.2) is 15.0 Å². The highest BCUT2D eigenvalue weighted by Crippen LogP contribution is 2.31. The van der Waals surface area contributed by atoms with Gasteiger partial charge in [-0.2, -0.15) is 0 Å². The fourth-order valence-corrected chi connectivity index (χ4v) is 2.27. The van der Waals surface area contributed by atoms with Gasteiger partial charge in [0.15, 0.2) is 5.82 Å². The predicted molar refractivity (Wildman–Crippen MR) is 85.2 cm³/mol. The molecule has 0 aliphatic carbocycles. The van der Waals surface area contributed by atoms with E-state index in [0.717, 1.165) is 28.1 Å². The zero-order valence-corrected chi connectivity index (χ0v) is 12.8. The van der Waals surface area contributed by atoms with Crippen molar-refractivity contribution < 1.29 is 9.47 Å². The van der Waals surface area contributed by atoms with Crippen LogP contribution < -0.4 is 9.47 Å². The lowest BCUT2D eigenvalue weighted by molar-refractivity contribution is 0.344. The van der Waals surface area contributed by atoms with Crippen LogP contribution in [0, 0.1) is 6.92 Å². The van der Waals surface area contributed by atoms with E-state index in [0.29, 0.717) is 18.1 Å². The molecule has 0 unspecified atom stereocenters. The van der Waals surface area contributed by atoms with Crippen LogP contribution in [0.1, 0.15) is 12.6 Å². The number of hydrogen-bond acceptors (Lipinski definition) is 5. The number of benzene rings is 1. The second kappa shape index (κ2) is 5.97. The number of hydrogen-bond donors (Lipinski definition) is 0. The molecule has 0 amide bonds. The van der Waals surface area contributed by atoms with Gasteiger partial charge in [0, 0.05) is 29.4 Å². The zero-order valence-electron chi connectivity index (χ0n) is 12.8. The summed E-state index contributed by atoms with van der Waals surface area (Å²) >= 11 is 0. The van der Waals surface area contributed by atoms with Gasteiger partial charge in [-0.05, 0) is 32.0 Å². The van der Waals surface area contributed by atoms with E-state index in [1.807, 2.05) is 44.2 Å². The van der Waals surface area contributed by atoms with Crippen molar-refractivity contribution in [2.45, 2.75) is 13.8 Å². The Hall–Kier alpha value is -2.69. The molecule has 0 saturated carbocycles. The molecule has 0 spiro atoms. The number of aryl methyl sites for hydroxylation is 1. The molecule has 22 heavy (non-hydrogen) atoms. The van der Waals surface area contributed by atoms with Gasteiger partial charge >= 0.3 is 0 Å². The first kappa shape index (κ1) is 14.3. The number of ether oxygens (including phenoxy) is 2. The molecule has 5 nitrogen and oxygen atoms in total. The lowest BCUT2D eigenvalue weighted by atomic mass is 10.1. The first-order valence-corrected chi connectivity index (χ1v) is 7.13. The second-order valence-corrected chi connectivity index (χ2v) is 4.84. The highest BCUT2D eigenvalue weighted by Gasteiger charge is 2.11. The number of aromatic nitrogens is 3. The van der Waals surface area contributed by atoms with Crippen LogP contribution in [-0.2, 0) is 0 Å². The number of nitrogens with zero attached hydrogens (tertiary/aromatic N) is 3. The number of methoxy groups -OCH3 is 1. The van der Waals surface area contributed by atoms with Gasteiger partial charge in [-0.3, -0.25) is 0 Å². The highest BCUT2D eigenvalue weighted by molar-refractivity contribution is 5.88. The van der Waals surface area contributed by atoms with Gasteiger partial charge in [-0.15, -0.1) is 0 Å². The van der Waals surface area contributed by atoms with Crippen LogP contribution in [0.3, 0.4) is 0 Å². The monoisotopic (exact) mass is 295 g/mol. The largest absolute Gasteiger partial charge is 0.497 e. The average Bonchev–Trinajstić information content (AvgIpc) is 2.54. The third-order valence-corrected chi connectivity index (χ3v) is 3.30. The van der Waals surface area contributed by atoms with Gasteiger partial charge < -0.3 is 9.47 Å². The molecule has 3 rings (SSSR count). The van der Waals surface area contributed by atoms with E-state index >= 15 is 0 Å². The van der Waals surface area contributed by atoms with E-state index in [4.69, 9.17) is 9.47 Å². The SMILES string of the molecule is CCOc1cc(-c2nccc(C)n2)nc2cc(OC)ccc12. The van der Waals surface area contributed by atoms with Crippen molar-refractivity contribution in [3.63, 3.8) is 0 Å². The van der Waals surface area contributed by atoms with Gasteiger partial charge in [-0.1, -0.05) is 0 Å². The number of fused-ring (bicyclic) bond motifs is 1. The highest BCUT2D eigenvalue weighted by atomic mass is 16.5. The van der Waals surface area contributed by atoms with E-state index < -0.39 is 0 Å². The molecule has 112 valence electrons. The summed E-state index contributed by atoms with van der Waals surface area (Å²) in [5.74, 6) is 2.12. The van der Waals surface area contributed by atoms with Gasteiger partial charge in [0.05, 0.1) is 19.2 Å². The molecule has 2 aromatic heterocycles. The fourth-order valence-electron chi connectivity index (χ4n) is 2.27. The van der Waals surface area contributed by atoms with Crippen LogP contribution in [0.4, 0.5) is 0 Å². The molecule has 0 bridgehead atoms. The van der Waals surface area contributed by atoms with Crippen LogP contribution in [0.15, 0.2) is 36.5 Å². The van der Waals surface area contributed by atoms with Crippen LogP contribution in [-0.4, -0.2) is 28.7 Å². The third-order valence-electron chi connectivity index (χ3n) is 3.30. The van der Waals surface area contributed by atoms with Crippen molar-refractivity contribution in [2.24, 2.45) is 0 Å². The molecule has 5 heteroatoms. The van der Waals surface area contributed by atoms with Gasteiger partial charge in [0.2, 0.25) is 0 Å². The average molecular weight is 295 g/mol. The summed E-state index contributed by atoms with van der Waals surface area (Å²) in [6, 6.07) is 9.48. The van der Waals surface area contributed by atoms with Crippen molar-refractivity contribution in [3.05, 3.63) is 42.2 Å². The molecule has 0 atom stereocenters. The Balaban J connectivity index is 2.22. The Labute approximate surface area is 129 Å². The molecule has 0 N–H and O–H groups in total. The Morgan fingerprint density at radius 1 is 1.09 bits per heavy atom. The summed E-state index contributed by atoms with van der Waals surface area (Å²) in [6.07, 6.45) is 1.73. The van der Waals surface area contributed by atoms with Crippen LogP contribution in [0.25, 0.3) is 22.4 Å². The minimum Gasteiger partial charge on any atom is -0.497 e. The smallest absolute Gasteiger partial charge is 0.178 e. The molecular formula is C17H17N3O2. The minimum absolute atomic E-state index is 0.583. The Morgan fingerprint density at radius 2 is 1.95 bits per heavy atom. The maximum atomic E-state index is 5.75. The minimum atomic E-state index is 0.583. The molecule has 0 saturated heterocycles. The van der Waals surface area contributed by atoms with Crippen LogP contribution in [0.5, 0.6) is 11.5 Å². The number of pyridine rings is 1. The van der Waals surface area contributed by atoms with E-state index in [2.05, 4.69) is 15.0 Å². The van der Waals surface area contributed by atoms with E-state index in [1.54, 1.807) is 13.3 Å². The van der Waals surface area contributed by atoms with E-state index in [1.165, 1.54) is 0 Å². The first-order chi connectivity index (χ1) is 10.7. The number of rotatable bonds is 4. The normalized spacial score (nSPS) is 10.7. The van der Waals surface area contributed by atoms with Crippen molar-refractivity contribution in [1.82, 2.24) is 15.0 Å². The molecule has 0 aliphatic heterocycles. The molecular weight excluding hydrogens is 278 g/mol. The summed E-state index contributed by atoms with van der Waals surface area (Å²) < 4.78 is 11.0. The fraction of sp³-hybridized carbons (Fsp3) is 0.235. The summed E-state index contributed by atoms with van der Waals surface area (Å²) in [4.78, 5) is 13.4. The lowest BCUT2D eigenvalue weighted by Crippen LogP contribution is -1.98. The molecule has 1 aromatic carbocycles. The van der Waals surface area contributed by atoms with Crippen molar-refractivity contribution in [3.8, 4) is 23.0 Å². The predicted octanol–water partition coefficient (Wildman–Crippen LogP) is 3.41.